The Kier molecular flexibility index (Phi) is 11.7. The molecule has 0 unspecified atom stereocenters. The molecule has 2 atom stereocenters. The lowest BCUT2D eigenvalue weighted by atomic mass is 10.1. The van der Waals surface area contributed by atoms with E-state index in [0.717, 1.165) is 17.0 Å². The van der Waals surface area contributed by atoms with Crippen molar-refractivity contribution in [2.75, 3.05) is 17.1 Å². The maximum atomic E-state index is 13.5. The van der Waals surface area contributed by atoms with Crippen molar-refractivity contribution in [1.82, 2.24) is 10.2 Å². The molecule has 2 amide bonds. The second kappa shape index (κ2) is 14.0. The lowest BCUT2D eigenvalue weighted by molar-refractivity contribution is -0.141. The number of amides is 2. The average Bonchev–Trinajstić information content (AvgIpc) is 2.83. The van der Waals surface area contributed by atoms with E-state index >= 15 is 0 Å². The van der Waals surface area contributed by atoms with Crippen molar-refractivity contribution in [3.8, 4) is 0 Å². The third-order valence-corrected chi connectivity index (χ3v) is 7.95. The summed E-state index contributed by atoms with van der Waals surface area (Å²) in [7, 11) is -3.67. The van der Waals surface area contributed by atoms with Crippen LogP contribution in [0.25, 0.3) is 0 Å². The lowest BCUT2D eigenvalue weighted by Gasteiger charge is -2.32. The zero-order valence-corrected chi connectivity index (χ0v) is 23.8. The van der Waals surface area contributed by atoms with E-state index in [0.29, 0.717) is 27.7 Å². The van der Waals surface area contributed by atoms with Crippen LogP contribution in [0.1, 0.15) is 52.0 Å². The van der Waals surface area contributed by atoms with E-state index in [1.165, 1.54) is 29.2 Å². The summed E-state index contributed by atoms with van der Waals surface area (Å²) >= 11 is 12.7. The molecule has 0 aliphatic carbocycles. The topological polar surface area (TPSA) is 86.8 Å². The Morgan fingerprint density at radius 1 is 1.03 bits per heavy atom. The Morgan fingerprint density at radius 3 is 2.14 bits per heavy atom. The Balaban J connectivity index is 2.27. The van der Waals surface area contributed by atoms with Crippen molar-refractivity contribution < 1.29 is 22.4 Å². The van der Waals surface area contributed by atoms with Crippen molar-refractivity contribution in [1.29, 1.82) is 0 Å². The summed E-state index contributed by atoms with van der Waals surface area (Å²) < 4.78 is 39.2. The highest BCUT2D eigenvalue weighted by molar-refractivity contribution is 7.92. The van der Waals surface area contributed by atoms with Crippen LogP contribution >= 0.6 is 23.2 Å². The summed E-state index contributed by atoms with van der Waals surface area (Å²) in [5.41, 5.74) is 0.827. The molecular formula is C26H34Cl2FN3O4S. The molecule has 1 N–H and O–H groups in total. The molecule has 0 heterocycles. The Morgan fingerprint density at radius 2 is 1.62 bits per heavy atom. The second-order valence-corrected chi connectivity index (χ2v) is 11.6. The van der Waals surface area contributed by atoms with Gasteiger partial charge < -0.3 is 10.2 Å². The summed E-state index contributed by atoms with van der Waals surface area (Å²) in [6.07, 6.45) is 2.30. The number of hydrogen-bond acceptors (Lipinski definition) is 4. The number of carbonyl (C=O) groups excluding carboxylic acids is 2. The molecule has 2 aromatic carbocycles. The minimum Gasteiger partial charge on any atom is -0.352 e. The quantitative estimate of drug-likeness (QED) is 0.347. The standard InChI is InChI=1S/C26H34Cl2FN3O4S/c1-5-18(3)30-26(34)24(6-2)31(17-21-22(27)9-7-10-23(21)28)25(33)11-8-16-32(37(4,35)36)20-14-12-19(29)13-15-20/h7,9-10,12-15,18,24H,5-6,8,11,16-17H2,1-4H3,(H,30,34)/t18-,24+/m0/s1. The van der Waals surface area contributed by atoms with E-state index in [9.17, 15) is 22.4 Å². The summed E-state index contributed by atoms with van der Waals surface area (Å²) in [4.78, 5) is 28.0. The monoisotopic (exact) mass is 573 g/mol. The van der Waals surface area contributed by atoms with Gasteiger partial charge in [-0.15, -0.1) is 0 Å². The molecule has 0 radical (unpaired) electrons. The van der Waals surface area contributed by atoms with Gasteiger partial charge in [-0.25, -0.2) is 12.8 Å². The van der Waals surface area contributed by atoms with Crippen molar-refractivity contribution in [2.45, 2.75) is 65.1 Å². The Labute approximate surface area is 229 Å². The Hall–Kier alpha value is -2.36. The third kappa shape index (κ3) is 8.86. The van der Waals surface area contributed by atoms with Gasteiger partial charge in [0.15, 0.2) is 0 Å². The van der Waals surface area contributed by atoms with Crippen LogP contribution in [0, 0.1) is 5.82 Å². The highest BCUT2D eigenvalue weighted by Crippen LogP contribution is 2.27. The molecule has 11 heteroatoms. The van der Waals surface area contributed by atoms with E-state index in [4.69, 9.17) is 23.2 Å². The van der Waals surface area contributed by atoms with Gasteiger partial charge in [0.25, 0.3) is 0 Å². The van der Waals surface area contributed by atoms with Gasteiger partial charge in [-0.2, -0.15) is 0 Å². The SMILES string of the molecule is CC[C@H](C(=O)N[C@@H](C)CC)N(Cc1c(Cl)cccc1Cl)C(=O)CCCN(c1ccc(F)cc1)S(C)(=O)=O. The van der Waals surface area contributed by atoms with E-state index in [-0.39, 0.29) is 43.8 Å². The predicted molar refractivity (Wildman–Crippen MR) is 147 cm³/mol. The summed E-state index contributed by atoms with van der Waals surface area (Å²) in [5.74, 6) is -1.10. The van der Waals surface area contributed by atoms with E-state index in [2.05, 4.69) is 5.32 Å². The zero-order valence-electron chi connectivity index (χ0n) is 21.5. The fraction of sp³-hybridized carbons (Fsp3) is 0.462. The molecule has 0 aromatic heterocycles. The molecule has 0 aliphatic rings. The van der Waals surface area contributed by atoms with Gasteiger partial charge in [-0.1, -0.05) is 43.1 Å². The molecule has 7 nitrogen and oxygen atoms in total. The van der Waals surface area contributed by atoms with E-state index < -0.39 is 21.9 Å². The fourth-order valence-electron chi connectivity index (χ4n) is 3.83. The molecule has 2 rings (SSSR count). The number of benzene rings is 2. The van der Waals surface area contributed by atoms with Crippen LogP contribution < -0.4 is 9.62 Å². The van der Waals surface area contributed by atoms with Crippen LogP contribution in [0.3, 0.4) is 0 Å². The molecule has 0 saturated carbocycles. The molecule has 37 heavy (non-hydrogen) atoms. The number of sulfonamides is 1. The van der Waals surface area contributed by atoms with Crippen molar-refractivity contribution in [3.05, 3.63) is 63.9 Å². The lowest BCUT2D eigenvalue weighted by Crippen LogP contribution is -2.50. The predicted octanol–water partition coefficient (Wildman–Crippen LogP) is 5.40. The number of hydrogen-bond donors (Lipinski definition) is 1. The summed E-state index contributed by atoms with van der Waals surface area (Å²) in [6.45, 7) is 5.68. The van der Waals surface area contributed by atoms with Gasteiger partial charge in [0.05, 0.1) is 11.9 Å². The van der Waals surface area contributed by atoms with Crippen LogP contribution in [0.15, 0.2) is 42.5 Å². The Bertz CT molecular complexity index is 1160. The average molecular weight is 575 g/mol. The summed E-state index contributed by atoms with van der Waals surface area (Å²) in [6, 6.07) is 9.29. The van der Waals surface area contributed by atoms with Crippen molar-refractivity contribution in [3.63, 3.8) is 0 Å². The van der Waals surface area contributed by atoms with Gasteiger partial charge >= 0.3 is 0 Å². The van der Waals surface area contributed by atoms with Crippen LogP contribution in [0.4, 0.5) is 10.1 Å². The fourth-order valence-corrected chi connectivity index (χ4v) is 5.31. The number of nitrogens with one attached hydrogen (secondary N) is 1. The van der Waals surface area contributed by atoms with Crippen LogP contribution in [0.5, 0.6) is 0 Å². The molecule has 0 saturated heterocycles. The smallest absolute Gasteiger partial charge is 0.243 e. The van der Waals surface area contributed by atoms with Crippen molar-refractivity contribution >= 4 is 50.7 Å². The highest BCUT2D eigenvalue weighted by atomic mass is 35.5. The second-order valence-electron chi connectivity index (χ2n) is 8.88. The van der Waals surface area contributed by atoms with Gasteiger partial charge in [0.1, 0.15) is 11.9 Å². The van der Waals surface area contributed by atoms with Gasteiger partial charge in [-0.3, -0.25) is 13.9 Å². The third-order valence-electron chi connectivity index (χ3n) is 6.04. The maximum absolute atomic E-state index is 13.5. The highest BCUT2D eigenvalue weighted by Gasteiger charge is 2.30. The molecular weight excluding hydrogens is 540 g/mol. The van der Waals surface area contributed by atoms with Crippen LogP contribution in [-0.2, 0) is 26.2 Å². The van der Waals surface area contributed by atoms with E-state index in [1.54, 1.807) is 18.2 Å². The summed E-state index contributed by atoms with van der Waals surface area (Å²) in [5, 5.41) is 3.69. The number of nitrogens with zero attached hydrogens (tertiary/aromatic N) is 2. The first-order valence-electron chi connectivity index (χ1n) is 12.1. The molecule has 0 fully saturated rings. The van der Waals surface area contributed by atoms with Crippen LogP contribution in [0.2, 0.25) is 10.0 Å². The van der Waals surface area contributed by atoms with Crippen LogP contribution in [-0.4, -0.2) is 50.0 Å². The molecule has 2 aromatic rings. The minimum absolute atomic E-state index is 0.00670. The normalized spacial score (nSPS) is 13.1. The number of anilines is 1. The first kappa shape index (κ1) is 30.9. The number of carbonyl (C=O) groups is 2. The molecule has 204 valence electrons. The molecule has 0 bridgehead atoms. The number of rotatable bonds is 13. The van der Waals surface area contributed by atoms with E-state index in [1.807, 2.05) is 20.8 Å². The molecule has 0 spiro atoms. The van der Waals surface area contributed by atoms with Gasteiger partial charge in [0, 0.05) is 41.2 Å². The first-order valence-corrected chi connectivity index (χ1v) is 14.7. The molecule has 0 aliphatic heterocycles. The number of halogens is 3. The minimum atomic E-state index is -3.67. The maximum Gasteiger partial charge on any atom is 0.243 e. The van der Waals surface area contributed by atoms with Gasteiger partial charge in [0.2, 0.25) is 21.8 Å². The van der Waals surface area contributed by atoms with Crippen molar-refractivity contribution in [2.24, 2.45) is 0 Å². The van der Waals surface area contributed by atoms with Gasteiger partial charge in [-0.05, 0) is 62.6 Å². The zero-order chi connectivity index (χ0) is 27.8. The largest absolute Gasteiger partial charge is 0.352 e. The first-order chi connectivity index (χ1) is 17.4.